The van der Waals surface area contributed by atoms with Gasteiger partial charge in [0.05, 0.1) is 13.0 Å². The van der Waals surface area contributed by atoms with Crippen LogP contribution in [0.1, 0.15) is 17.1 Å². The van der Waals surface area contributed by atoms with E-state index < -0.39 is 0 Å². The van der Waals surface area contributed by atoms with Crippen molar-refractivity contribution in [3.8, 4) is 0 Å². The van der Waals surface area contributed by atoms with Crippen molar-refractivity contribution in [3.05, 3.63) is 83.4 Å². The molecule has 0 saturated heterocycles. The van der Waals surface area contributed by atoms with Gasteiger partial charge in [0, 0.05) is 30.5 Å². The molecule has 0 aliphatic heterocycles. The molecule has 2 aromatic heterocycles. The van der Waals surface area contributed by atoms with Crippen LogP contribution >= 0.6 is 11.6 Å². The lowest BCUT2D eigenvalue weighted by molar-refractivity contribution is 0.722. The standard InChI is InChI=1S/C19H20ClN5/c1-3-12-24(2)19-23-22-18(13-17-6-4-5-11-21-17)25(19)14-15-7-9-16(20)10-8-15/h3-11H,1,12-14H2,2H3. The highest BCUT2D eigenvalue weighted by molar-refractivity contribution is 6.30. The molecule has 128 valence electrons. The van der Waals surface area contributed by atoms with Crippen LogP contribution in [-0.2, 0) is 13.0 Å². The van der Waals surface area contributed by atoms with E-state index >= 15 is 0 Å². The van der Waals surface area contributed by atoms with Gasteiger partial charge >= 0.3 is 0 Å². The predicted octanol–water partition coefficient (Wildman–Crippen LogP) is 3.59. The molecule has 0 N–H and O–H groups in total. The van der Waals surface area contributed by atoms with Crippen LogP contribution in [0.15, 0.2) is 61.3 Å². The number of likely N-dealkylation sites (N-methyl/N-ethyl adjacent to an activating group) is 1. The van der Waals surface area contributed by atoms with E-state index in [1.807, 2.05) is 60.5 Å². The van der Waals surface area contributed by atoms with E-state index in [0.29, 0.717) is 19.5 Å². The lowest BCUT2D eigenvalue weighted by Crippen LogP contribution is -2.22. The van der Waals surface area contributed by atoms with Crippen molar-refractivity contribution in [2.75, 3.05) is 18.5 Å². The molecule has 3 aromatic rings. The Kier molecular flexibility index (Phi) is 5.46. The average Bonchev–Trinajstić information content (AvgIpc) is 3.00. The molecule has 0 amide bonds. The molecule has 0 atom stereocenters. The summed E-state index contributed by atoms with van der Waals surface area (Å²) in [4.78, 5) is 6.42. The zero-order valence-corrected chi connectivity index (χ0v) is 14.9. The van der Waals surface area contributed by atoms with E-state index in [1.165, 1.54) is 0 Å². The van der Waals surface area contributed by atoms with Crippen LogP contribution in [0.2, 0.25) is 5.02 Å². The van der Waals surface area contributed by atoms with Gasteiger partial charge in [-0.25, -0.2) is 0 Å². The zero-order valence-electron chi connectivity index (χ0n) is 14.1. The average molecular weight is 354 g/mol. The van der Waals surface area contributed by atoms with Gasteiger partial charge in [0.2, 0.25) is 5.95 Å². The van der Waals surface area contributed by atoms with Crippen LogP contribution in [-0.4, -0.2) is 33.3 Å². The van der Waals surface area contributed by atoms with Gasteiger partial charge in [-0.2, -0.15) is 0 Å². The fourth-order valence-corrected chi connectivity index (χ4v) is 2.74. The second-order valence-electron chi connectivity index (χ2n) is 5.80. The Balaban J connectivity index is 1.94. The molecule has 0 aliphatic rings. The molecule has 0 aliphatic carbocycles. The Morgan fingerprint density at radius 3 is 2.64 bits per heavy atom. The maximum atomic E-state index is 6.00. The number of halogens is 1. The fourth-order valence-electron chi connectivity index (χ4n) is 2.61. The number of anilines is 1. The number of pyridine rings is 1. The van der Waals surface area contributed by atoms with Crippen molar-refractivity contribution in [2.45, 2.75) is 13.0 Å². The predicted molar refractivity (Wildman–Crippen MR) is 101 cm³/mol. The van der Waals surface area contributed by atoms with Gasteiger partial charge in [0.15, 0.2) is 0 Å². The SMILES string of the molecule is C=CCN(C)c1nnc(Cc2ccccn2)n1Cc1ccc(Cl)cc1. The normalized spacial score (nSPS) is 10.6. The number of aromatic nitrogens is 4. The van der Waals surface area contributed by atoms with Crippen molar-refractivity contribution < 1.29 is 0 Å². The number of rotatable bonds is 7. The highest BCUT2D eigenvalue weighted by Crippen LogP contribution is 2.18. The van der Waals surface area contributed by atoms with Gasteiger partial charge in [0.25, 0.3) is 0 Å². The fraction of sp³-hybridized carbons (Fsp3) is 0.211. The molecule has 0 bridgehead atoms. The Hall–Kier alpha value is -2.66. The van der Waals surface area contributed by atoms with Gasteiger partial charge in [0.1, 0.15) is 5.82 Å². The van der Waals surface area contributed by atoms with Crippen molar-refractivity contribution in [2.24, 2.45) is 0 Å². The topological polar surface area (TPSA) is 46.8 Å². The summed E-state index contributed by atoms with van der Waals surface area (Å²) in [5.41, 5.74) is 2.10. The summed E-state index contributed by atoms with van der Waals surface area (Å²) in [5.74, 6) is 1.68. The lowest BCUT2D eigenvalue weighted by Gasteiger charge is -2.18. The maximum Gasteiger partial charge on any atom is 0.227 e. The number of hydrogen-bond donors (Lipinski definition) is 0. The minimum Gasteiger partial charge on any atom is -0.340 e. The third kappa shape index (κ3) is 4.25. The molecular formula is C19H20ClN5. The van der Waals surface area contributed by atoms with Crippen LogP contribution in [0.4, 0.5) is 5.95 Å². The van der Waals surface area contributed by atoms with E-state index in [9.17, 15) is 0 Å². The Morgan fingerprint density at radius 2 is 1.96 bits per heavy atom. The number of hydrogen-bond acceptors (Lipinski definition) is 4. The quantitative estimate of drug-likeness (QED) is 0.609. The molecular weight excluding hydrogens is 334 g/mol. The monoisotopic (exact) mass is 353 g/mol. The Bertz CT molecular complexity index is 827. The van der Waals surface area contributed by atoms with Gasteiger partial charge < -0.3 is 4.90 Å². The first-order valence-corrected chi connectivity index (χ1v) is 8.43. The second-order valence-corrected chi connectivity index (χ2v) is 6.23. The van der Waals surface area contributed by atoms with Crippen molar-refractivity contribution >= 4 is 17.5 Å². The van der Waals surface area contributed by atoms with E-state index in [1.54, 1.807) is 6.20 Å². The minimum absolute atomic E-state index is 0.628. The molecule has 0 fully saturated rings. The summed E-state index contributed by atoms with van der Waals surface area (Å²) in [5, 5.41) is 9.51. The third-order valence-electron chi connectivity index (χ3n) is 3.87. The molecule has 5 nitrogen and oxygen atoms in total. The number of benzene rings is 1. The molecule has 6 heteroatoms. The van der Waals surface area contributed by atoms with Crippen LogP contribution in [0.25, 0.3) is 0 Å². The van der Waals surface area contributed by atoms with Crippen LogP contribution in [0.5, 0.6) is 0 Å². The Labute approximate surface area is 152 Å². The summed E-state index contributed by atoms with van der Waals surface area (Å²) in [6.45, 7) is 5.17. The summed E-state index contributed by atoms with van der Waals surface area (Å²) in [7, 11) is 1.98. The van der Waals surface area contributed by atoms with Gasteiger partial charge in [-0.1, -0.05) is 35.9 Å². The van der Waals surface area contributed by atoms with Crippen LogP contribution in [0.3, 0.4) is 0 Å². The highest BCUT2D eigenvalue weighted by Gasteiger charge is 2.16. The lowest BCUT2D eigenvalue weighted by atomic mass is 10.2. The molecule has 3 rings (SSSR count). The van der Waals surface area contributed by atoms with Crippen molar-refractivity contribution in [1.82, 2.24) is 19.7 Å². The summed E-state index contributed by atoms with van der Waals surface area (Å²) in [6.07, 6.45) is 4.27. The van der Waals surface area contributed by atoms with Crippen LogP contribution in [0, 0.1) is 0 Å². The first-order chi connectivity index (χ1) is 12.2. The Morgan fingerprint density at radius 1 is 1.16 bits per heavy atom. The van der Waals surface area contributed by atoms with Crippen LogP contribution < -0.4 is 4.90 Å². The van der Waals surface area contributed by atoms with Crippen molar-refractivity contribution in [3.63, 3.8) is 0 Å². The molecule has 0 saturated carbocycles. The zero-order chi connectivity index (χ0) is 17.6. The first kappa shape index (κ1) is 17.2. The molecule has 0 spiro atoms. The molecule has 0 unspecified atom stereocenters. The van der Waals surface area contributed by atoms with Crippen molar-refractivity contribution in [1.29, 1.82) is 0 Å². The second kappa shape index (κ2) is 7.94. The summed E-state index contributed by atoms with van der Waals surface area (Å²) >= 11 is 6.00. The van der Waals surface area contributed by atoms with Gasteiger partial charge in [-0.3, -0.25) is 9.55 Å². The van der Waals surface area contributed by atoms with Gasteiger partial charge in [-0.05, 0) is 29.8 Å². The first-order valence-electron chi connectivity index (χ1n) is 8.06. The molecule has 2 heterocycles. The van der Waals surface area contributed by atoms with Gasteiger partial charge in [-0.15, -0.1) is 16.8 Å². The highest BCUT2D eigenvalue weighted by atomic mass is 35.5. The third-order valence-corrected chi connectivity index (χ3v) is 4.12. The van der Waals surface area contributed by atoms with E-state index in [2.05, 4.69) is 26.3 Å². The molecule has 0 radical (unpaired) electrons. The molecule has 25 heavy (non-hydrogen) atoms. The maximum absolute atomic E-state index is 6.00. The number of nitrogens with zero attached hydrogens (tertiary/aromatic N) is 5. The van der Waals surface area contributed by atoms with E-state index in [0.717, 1.165) is 28.1 Å². The van der Waals surface area contributed by atoms with E-state index in [-0.39, 0.29) is 0 Å². The minimum atomic E-state index is 0.628. The smallest absolute Gasteiger partial charge is 0.227 e. The molecule has 1 aromatic carbocycles. The summed E-state index contributed by atoms with van der Waals surface area (Å²) in [6, 6.07) is 13.7. The summed E-state index contributed by atoms with van der Waals surface area (Å²) < 4.78 is 2.11. The largest absolute Gasteiger partial charge is 0.340 e. The van der Waals surface area contributed by atoms with E-state index in [4.69, 9.17) is 11.6 Å².